The highest BCUT2D eigenvalue weighted by molar-refractivity contribution is 5.09. The Kier molecular flexibility index (Phi) is 12.9. The number of hydrogen-bond acceptors (Lipinski definition) is 2. The monoisotopic (exact) mass is 238 g/mol. The summed E-state index contributed by atoms with van der Waals surface area (Å²) in [7, 11) is 0. The molecule has 0 rings (SSSR count). The third-order valence-electron chi connectivity index (χ3n) is 1.45. The van der Waals surface area contributed by atoms with Gasteiger partial charge in [0.2, 0.25) is 0 Å². The summed E-state index contributed by atoms with van der Waals surface area (Å²) in [4.78, 5) is 0. The zero-order valence-corrected chi connectivity index (χ0v) is 10.2. The summed E-state index contributed by atoms with van der Waals surface area (Å²) in [5.74, 6) is 21.5. The van der Waals surface area contributed by atoms with Gasteiger partial charge in [-0.05, 0) is 0 Å². The van der Waals surface area contributed by atoms with Crippen molar-refractivity contribution in [1.29, 1.82) is 0 Å². The molecule has 0 aromatic heterocycles. The molecule has 0 atom stereocenters. The lowest BCUT2D eigenvalue weighted by atomic mass is 10.4. The van der Waals surface area contributed by atoms with E-state index in [9.17, 15) is 0 Å². The molecule has 0 saturated heterocycles. The van der Waals surface area contributed by atoms with E-state index in [0.717, 1.165) is 0 Å². The van der Waals surface area contributed by atoms with E-state index in [1.807, 2.05) is 0 Å². The molecule has 0 aliphatic carbocycles. The van der Waals surface area contributed by atoms with Crippen LogP contribution in [-0.2, 0) is 9.47 Å². The normalized spacial score (nSPS) is 7.22. The van der Waals surface area contributed by atoms with Crippen LogP contribution in [0.15, 0.2) is 0 Å². The molecule has 18 heavy (non-hydrogen) atoms. The van der Waals surface area contributed by atoms with E-state index in [0.29, 0.717) is 39.3 Å². The minimum atomic E-state index is 0.330. The molecule has 0 aromatic rings. The summed E-state index contributed by atoms with van der Waals surface area (Å²) in [5.41, 5.74) is 0. The summed E-state index contributed by atoms with van der Waals surface area (Å²) in [6.45, 7) is 1.34. The molecule has 2 heteroatoms. The van der Waals surface area contributed by atoms with Crippen LogP contribution in [0.3, 0.4) is 0 Å². The summed E-state index contributed by atoms with van der Waals surface area (Å²) in [6, 6.07) is 0. The average Bonchev–Trinajstić information content (AvgIpc) is 2.39. The third-order valence-corrected chi connectivity index (χ3v) is 1.45. The summed E-state index contributed by atoms with van der Waals surface area (Å²) >= 11 is 0. The van der Waals surface area contributed by atoms with Crippen LogP contribution in [0.5, 0.6) is 0 Å². The molecule has 0 aliphatic heterocycles. The molecular weight excluding hydrogens is 224 g/mol. The fraction of sp³-hybridized carbons (Fsp3) is 0.375. The van der Waals surface area contributed by atoms with Gasteiger partial charge in [-0.2, -0.15) is 0 Å². The van der Waals surface area contributed by atoms with Crippen molar-refractivity contribution >= 4 is 0 Å². The van der Waals surface area contributed by atoms with Crippen LogP contribution in [0.4, 0.5) is 0 Å². The second-order valence-electron chi connectivity index (χ2n) is 2.81. The lowest BCUT2D eigenvalue weighted by Gasteiger charge is -1.91. The van der Waals surface area contributed by atoms with Crippen molar-refractivity contribution in [2.24, 2.45) is 0 Å². The second-order valence-corrected chi connectivity index (χ2v) is 2.81. The Bertz CT molecular complexity index is 425. The molecule has 2 nitrogen and oxygen atoms in total. The first-order valence-electron chi connectivity index (χ1n) is 5.31. The molecule has 0 aliphatic rings. The first-order chi connectivity index (χ1) is 8.91. The van der Waals surface area contributed by atoms with Crippen molar-refractivity contribution in [3.8, 4) is 60.2 Å². The summed E-state index contributed by atoms with van der Waals surface area (Å²) < 4.78 is 10.2. The maximum atomic E-state index is 5.12. The minimum absolute atomic E-state index is 0.330. The highest BCUT2D eigenvalue weighted by atomic mass is 16.5. The highest BCUT2D eigenvalue weighted by Gasteiger charge is 1.79. The van der Waals surface area contributed by atoms with Crippen LogP contribution < -0.4 is 0 Å². The van der Waals surface area contributed by atoms with Crippen molar-refractivity contribution in [2.75, 3.05) is 26.4 Å². The van der Waals surface area contributed by atoms with Crippen LogP contribution in [0, 0.1) is 60.2 Å². The zero-order chi connectivity index (χ0) is 13.3. The van der Waals surface area contributed by atoms with Gasteiger partial charge in [-0.3, -0.25) is 0 Å². The van der Waals surface area contributed by atoms with Gasteiger partial charge in [-0.15, -0.1) is 12.8 Å². The van der Waals surface area contributed by atoms with Gasteiger partial charge in [0.05, 0.1) is 12.8 Å². The quantitative estimate of drug-likeness (QED) is 0.539. The van der Waals surface area contributed by atoms with Gasteiger partial charge in [0.25, 0.3) is 0 Å². The molecule has 0 radical (unpaired) electrons. The van der Waals surface area contributed by atoms with E-state index in [1.54, 1.807) is 0 Å². The fourth-order valence-corrected chi connectivity index (χ4v) is 0.737. The Morgan fingerprint density at radius 1 is 0.556 bits per heavy atom. The largest absolute Gasteiger partial charge is 0.356 e. The van der Waals surface area contributed by atoms with E-state index >= 15 is 0 Å². The predicted molar refractivity (Wildman–Crippen MR) is 71.9 cm³/mol. The van der Waals surface area contributed by atoms with Gasteiger partial charge in [0.1, 0.15) is 26.4 Å². The summed E-state index contributed by atoms with van der Waals surface area (Å²) in [6.07, 6.45) is 10.9. The van der Waals surface area contributed by atoms with Crippen LogP contribution in [0.25, 0.3) is 0 Å². The fourth-order valence-electron chi connectivity index (χ4n) is 0.737. The van der Waals surface area contributed by atoms with Gasteiger partial charge in [-0.1, -0.05) is 47.4 Å². The van der Waals surface area contributed by atoms with Crippen LogP contribution >= 0.6 is 0 Å². The summed E-state index contributed by atoms with van der Waals surface area (Å²) in [5, 5.41) is 0. The third kappa shape index (κ3) is 13.7. The van der Waals surface area contributed by atoms with Crippen LogP contribution in [-0.4, -0.2) is 26.4 Å². The Hall–Kier alpha value is -2.28. The SMILES string of the molecule is C#CCC#CCOCC#CCOCC#CCC#C. The maximum absolute atomic E-state index is 5.12. The number of rotatable bonds is 4. The average molecular weight is 238 g/mol. The van der Waals surface area contributed by atoms with E-state index in [4.69, 9.17) is 22.3 Å². The number of hydrogen-bond donors (Lipinski definition) is 0. The van der Waals surface area contributed by atoms with Gasteiger partial charge in [0, 0.05) is 0 Å². The van der Waals surface area contributed by atoms with E-state index in [2.05, 4.69) is 47.4 Å². The van der Waals surface area contributed by atoms with E-state index in [1.165, 1.54) is 0 Å². The van der Waals surface area contributed by atoms with Crippen molar-refractivity contribution in [1.82, 2.24) is 0 Å². The van der Waals surface area contributed by atoms with Crippen LogP contribution in [0.2, 0.25) is 0 Å². The standard InChI is InChI=1S/C16H14O2/c1-3-5-7-9-13-17-15-11-12-16-18-14-10-8-6-4-2/h1-2H,5-6,13-16H2. The first-order valence-corrected chi connectivity index (χ1v) is 5.31. The smallest absolute Gasteiger partial charge is 0.109 e. The lowest BCUT2D eigenvalue weighted by Crippen LogP contribution is -1.94. The van der Waals surface area contributed by atoms with E-state index < -0.39 is 0 Å². The molecule has 0 fully saturated rings. The topological polar surface area (TPSA) is 18.5 Å². The molecule has 0 saturated carbocycles. The Morgan fingerprint density at radius 3 is 1.22 bits per heavy atom. The van der Waals surface area contributed by atoms with Gasteiger partial charge >= 0.3 is 0 Å². The van der Waals surface area contributed by atoms with Crippen molar-refractivity contribution in [2.45, 2.75) is 12.8 Å². The maximum Gasteiger partial charge on any atom is 0.109 e. The Labute approximate surface area is 109 Å². The van der Waals surface area contributed by atoms with Crippen molar-refractivity contribution in [3.05, 3.63) is 0 Å². The van der Waals surface area contributed by atoms with Gasteiger partial charge in [-0.25, -0.2) is 0 Å². The molecule has 0 heterocycles. The molecular formula is C16H14O2. The predicted octanol–water partition coefficient (Wildman–Crippen LogP) is 1.08. The first kappa shape index (κ1) is 15.7. The molecule has 0 amide bonds. The van der Waals surface area contributed by atoms with Crippen molar-refractivity contribution in [3.63, 3.8) is 0 Å². The molecule has 0 unspecified atom stereocenters. The Balaban J connectivity index is 3.37. The molecule has 0 bridgehead atoms. The van der Waals surface area contributed by atoms with Crippen molar-refractivity contribution < 1.29 is 9.47 Å². The van der Waals surface area contributed by atoms with E-state index in [-0.39, 0.29) is 0 Å². The number of terminal acetylenes is 2. The molecule has 90 valence electrons. The van der Waals surface area contributed by atoms with Crippen LogP contribution in [0.1, 0.15) is 12.8 Å². The Morgan fingerprint density at radius 2 is 0.889 bits per heavy atom. The van der Waals surface area contributed by atoms with Gasteiger partial charge < -0.3 is 9.47 Å². The minimum Gasteiger partial charge on any atom is -0.356 e. The molecule has 0 N–H and O–H groups in total. The zero-order valence-electron chi connectivity index (χ0n) is 10.2. The lowest BCUT2D eigenvalue weighted by molar-refractivity contribution is 0.198. The molecule has 0 aromatic carbocycles. The highest BCUT2D eigenvalue weighted by Crippen LogP contribution is 1.75. The van der Waals surface area contributed by atoms with Gasteiger partial charge in [0.15, 0.2) is 0 Å². The second kappa shape index (κ2) is 14.7. The molecule has 0 spiro atoms. The number of ether oxygens (including phenoxy) is 2.